The zero-order chi connectivity index (χ0) is 10.8. The van der Waals surface area contributed by atoms with Gasteiger partial charge >= 0.3 is 5.97 Å². The van der Waals surface area contributed by atoms with E-state index in [2.05, 4.69) is 10.3 Å². The highest BCUT2D eigenvalue weighted by atomic mass is 16.4. The smallest absolute Gasteiger partial charge is 0.358 e. The molecular weight excluding hydrogens is 198 g/mol. The van der Waals surface area contributed by atoms with Crippen LogP contribution in [-0.4, -0.2) is 37.8 Å². The second-order valence-corrected chi connectivity index (χ2v) is 3.70. The Labute approximate surface area is 86.5 Å². The number of hydrogen-bond acceptors (Lipinski definition) is 4. The Morgan fingerprint density at radius 1 is 1.53 bits per heavy atom. The average Bonchev–Trinajstić information content (AvgIpc) is 2.47. The molecule has 0 bridgehead atoms. The number of carbonyl (C=O) groups is 1. The Bertz CT molecular complexity index is 371. The molecule has 2 N–H and O–H groups in total. The predicted molar refractivity (Wildman–Crippen MR) is 50.7 cm³/mol. The van der Waals surface area contributed by atoms with E-state index in [9.17, 15) is 4.79 Å². The molecule has 1 fully saturated rings. The van der Waals surface area contributed by atoms with Gasteiger partial charge in [-0.1, -0.05) is 11.6 Å². The Kier molecular flexibility index (Phi) is 2.68. The minimum Gasteiger partial charge on any atom is -0.476 e. The van der Waals surface area contributed by atoms with Gasteiger partial charge in [0.05, 0.1) is 18.8 Å². The normalized spacial score (nSPS) is 16.3. The molecule has 2 rings (SSSR count). The Balaban J connectivity index is 2.34. The zero-order valence-electron chi connectivity index (χ0n) is 8.26. The molecule has 0 atom stereocenters. The molecule has 1 aliphatic carbocycles. The molecule has 1 aliphatic rings. The molecule has 15 heavy (non-hydrogen) atoms. The molecule has 0 unspecified atom stereocenters. The van der Waals surface area contributed by atoms with Crippen molar-refractivity contribution in [3.05, 3.63) is 11.4 Å². The van der Waals surface area contributed by atoms with Crippen LogP contribution in [0.3, 0.4) is 0 Å². The van der Waals surface area contributed by atoms with Crippen molar-refractivity contribution in [2.45, 2.75) is 31.7 Å². The van der Waals surface area contributed by atoms with Crippen molar-refractivity contribution in [2.24, 2.45) is 0 Å². The largest absolute Gasteiger partial charge is 0.476 e. The summed E-state index contributed by atoms with van der Waals surface area (Å²) in [5.41, 5.74) is 0.705. The van der Waals surface area contributed by atoms with Crippen LogP contribution in [0.25, 0.3) is 0 Å². The van der Waals surface area contributed by atoms with Gasteiger partial charge in [-0.05, 0) is 12.8 Å². The number of rotatable bonds is 4. The molecule has 0 saturated heterocycles. The summed E-state index contributed by atoms with van der Waals surface area (Å²) in [5, 5.41) is 25.2. The van der Waals surface area contributed by atoms with Crippen LogP contribution in [0.1, 0.15) is 41.4 Å². The maximum Gasteiger partial charge on any atom is 0.358 e. The first kappa shape index (κ1) is 10.1. The summed E-state index contributed by atoms with van der Waals surface area (Å²) in [6.45, 7) is 0.258. The third kappa shape index (κ3) is 1.72. The highest BCUT2D eigenvalue weighted by Gasteiger charge is 2.30. The fraction of sp³-hybridized carbons (Fsp3) is 0.667. The van der Waals surface area contributed by atoms with Crippen LogP contribution in [0, 0.1) is 0 Å². The molecule has 0 aliphatic heterocycles. The molecule has 1 aromatic heterocycles. The van der Waals surface area contributed by atoms with E-state index in [1.165, 1.54) is 4.68 Å². The summed E-state index contributed by atoms with van der Waals surface area (Å²) >= 11 is 0. The molecular formula is C9H13N3O3. The lowest BCUT2D eigenvalue weighted by Gasteiger charge is -2.25. The topological polar surface area (TPSA) is 88.2 Å². The van der Waals surface area contributed by atoms with Crippen molar-refractivity contribution in [2.75, 3.05) is 6.61 Å². The van der Waals surface area contributed by atoms with Gasteiger partial charge in [-0.2, -0.15) is 0 Å². The van der Waals surface area contributed by atoms with Crippen LogP contribution in [0.15, 0.2) is 0 Å². The number of nitrogens with zero attached hydrogens (tertiary/aromatic N) is 3. The molecule has 6 nitrogen and oxygen atoms in total. The quantitative estimate of drug-likeness (QED) is 0.744. The molecule has 1 heterocycles. The first-order valence-corrected chi connectivity index (χ1v) is 5.01. The van der Waals surface area contributed by atoms with Crippen molar-refractivity contribution in [1.29, 1.82) is 0 Å². The van der Waals surface area contributed by atoms with E-state index in [0.717, 1.165) is 19.3 Å². The maximum atomic E-state index is 10.9. The van der Waals surface area contributed by atoms with Crippen LogP contribution in [-0.2, 0) is 6.54 Å². The third-order valence-corrected chi connectivity index (χ3v) is 2.78. The first-order chi connectivity index (χ1) is 7.24. The number of aromatic nitrogens is 3. The number of carboxylic acid groups (broad SMARTS) is 1. The summed E-state index contributed by atoms with van der Waals surface area (Å²) in [6.07, 6.45) is 3.09. The fourth-order valence-electron chi connectivity index (χ4n) is 1.82. The predicted octanol–water partition coefficient (Wildman–Crippen LogP) is 0.236. The molecule has 6 heteroatoms. The molecule has 0 aromatic carbocycles. The Morgan fingerprint density at radius 2 is 2.27 bits per heavy atom. The van der Waals surface area contributed by atoms with Crippen LogP contribution >= 0.6 is 0 Å². The zero-order valence-corrected chi connectivity index (χ0v) is 8.26. The Morgan fingerprint density at radius 3 is 2.73 bits per heavy atom. The monoisotopic (exact) mass is 211 g/mol. The van der Waals surface area contributed by atoms with E-state index in [0.29, 0.717) is 12.2 Å². The van der Waals surface area contributed by atoms with Gasteiger partial charge in [-0.3, -0.25) is 0 Å². The van der Waals surface area contributed by atoms with Gasteiger partial charge in [0.25, 0.3) is 0 Å². The number of aromatic carboxylic acids is 1. The summed E-state index contributed by atoms with van der Waals surface area (Å²) in [4.78, 5) is 10.9. The number of aliphatic hydroxyl groups is 1. The summed E-state index contributed by atoms with van der Waals surface area (Å²) in [7, 11) is 0. The van der Waals surface area contributed by atoms with Gasteiger partial charge in [0.2, 0.25) is 0 Å². The van der Waals surface area contributed by atoms with Gasteiger partial charge < -0.3 is 10.2 Å². The fourth-order valence-corrected chi connectivity index (χ4v) is 1.82. The van der Waals surface area contributed by atoms with Gasteiger partial charge in [-0.25, -0.2) is 9.48 Å². The summed E-state index contributed by atoms with van der Waals surface area (Å²) in [6, 6.07) is 0. The molecule has 82 valence electrons. The lowest BCUT2D eigenvalue weighted by Crippen LogP contribution is -2.19. The third-order valence-electron chi connectivity index (χ3n) is 2.78. The SMILES string of the molecule is O=C(O)c1nnn(CCO)c1C1CCC1. The van der Waals surface area contributed by atoms with Gasteiger partial charge in [0.15, 0.2) is 5.69 Å². The van der Waals surface area contributed by atoms with Gasteiger partial charge in [0.1, 0.15) is 0 Å². The molecule has 1 saturated carbocycles. The second-order valence-electron chi connectivity index (χ2n) is 3.70. The van der Waals surface area contributed by atoms with Crippen molar-refractivity contribution in [1.82, 2.24) is 15.0 Å². The van der Waals surface area contributed by atoms with Gasteiger partial charge in [-0.15, -0.1) is 5.10 Å². The van der Waals surface area contributed by atoms with Crippen LogP contribution in [0.5, 0.6) is 0 Å². The van der Waals surface area contributed by atoms with E-state index in [4.69, 9.17) is 10.2 Å². The van der Waals surface area contributed by atoms with E-state index in [1.807, 2.05) is 0 Å². The molecule has 0 spiro atoms. The standard InChI is InChI=1S/C9H13N3O3/c13-5-4-12-8(6-2-1-3-6)7(9(14)15)10-11-12/h6,13H,1-5H2,(H,14,15). The highest BCUT2D eigenvalue weighted by molar-refractivity contribution is 5.86. The van der Waals surface area contributed by atoms with Crippen molar-refractivity contribution >= 4 is 5.97 Å². The van der Waals surface area contributed by atoms with Crippen molar-refractivity contribution in [3.63, 3.8) is 0 Å². The van der Waals surface area contributed by atoms with Crippen LogP contribution in [0.4, 0.5) is 0 Å². The minimum atomic E-state index is -1.04. The highest BCUT2D eigenvalue weighted by Crippen LogP contribution is 2.37. The van der Waals surface area contributed by atoms with Gasteiger partial charge in [0, 0.05) is 5.92 Å². The second kappa shape index (κ2) is 3.98. The summed E-state index contributed by atoms with van der Waals surface area (Å²) in [5.74, 6) is -0.793. The van der Waals surface area contributed by atoms with E-state index in [1.54, 1.807) is 0 Å². The van der Waals surface area contributed by atoms with Crippen molar-refractivity contribution in [3.8, 4) is 0 Å². The summed E-state index contributed by atoms with van der Waals surface area (Å²) < 4.78 is 1.51. The minimum absolute atomic E-state index is 0.0353. The van der Waals surface area contributed by atoms with E-state index >= 15 is 0 Å². The lowest BCUT2D eigenvalue weighted by molar-refractivity contribution is 0.0687. The molecule has 1 aromatic rings. The average molecular weight is 211 g/mol. The van der Waals surface area contributed by atoms with Crippen LogP contribution < -0.4 is 0 Å². The maximum absolute atomic E-state index is 10.9. The van der Waals surface area contributed by atoms with E-state index < -0.39 is 5.97 Å². The lowest BCUT2D eigenvalue weighted by atomic mass is 9.82. The number of carboxylic acids is 1. The van der Waals surface area contributed by atoms with E-state index in [-0.39, 0.29) is 18.2 Å². The van der Waals surface area contributed by atoms with Crippen LogP contribution in [0.2, 0.25) is 0 Å². The molecule has 0 radical (unpaired) electrons. The first-order valence-electron chi connectivity index (χ1n) is 5.01. The Hall–Kier alpha value is -1.43. The molecule has 0 amide bonds. The number of aliphatic hydroxyl groups excluding tert-OH is 1. The van der Waals surface area contributed by atoms with Crippen molar-refractivity contribution < 1.29 is 15.0 Å². The number of hydrogen-bond donors (Lipinski definition) is 2.